The highest BCUT2D eigenvalue weighted by Gasteiger charge is 2.09. The number of hydrogen-bond acceptors (Lipinski definition) is 5. The number of thiazole rings is 1. The van der Waals surface area contributed by atoms with Gasteiger partial charge >= 0.3 is 0 Å². The highest BCUT2D eigenvalue weighted by molar-refractivity contribution is 7.09. The van der Waals surface area contributed by atoms with Gasteiger partial charge in [0.2, 0.25) is 0 Å². The quantitative estimate of drug-likeness (QED) is 0.749. The van der Waals surface area contributed by atoms with Gasteiger partial charge in [-0.3, -0.25) is 4.79 Å². The fraction of sp³-hybridized carbons (Fsp3) is 0.412. The first kappa shape index (κ1) is 20.4. The van der Waals surface area contributed by atoms with Crippen LogP contribution in [0.4, 0.5) is 0 Å². The molecule has 132 valence electrons. The van der Waals surface area contributed by atoms with E-state index in [1.54, 1.807) is 5.38 Å². The van der Waals surface area contributed by atoms with Crippen LogP contribution < -0.4 is 15.8 Å². The molecule has 0 saturated heterocycles. The van der Waals surface area contributed by atoms with Crippen LogP contribution in [-0.4, -0.2) is 24.0 Å². The van der Waals surface area contributed by atoms with Gasteiger partial charge in [0, 0.05) is 18.5 Å². The number of aromatic nitrogens is 1. The number of nitrogens with two attached hydrogens (primary N) is 1. The molecule has 0 bridgehead atoms. The molecule has 1 amide bonds. The Balaban J connectivity index is 0.00000288. The van der Waals surface area contributed by atoms with E-state index in [-0.39, 0.29) is 18.3 Å². The molecule has 0 aliphatic rings. The Morgan fingerprint density at radius 3 is 2.62 bits per heavy atom. The zero-order chi connectivity index (χ0) is 16.7. The zero-order valence-corrected chi connectivity index (χ0v) is 15.6. The second-order valence-electron chi connectivity index (χ2n) is 5.69. The maximum Gasteiger partial charge on any atom is 0.270 e. The second-order valence-corrected chi connectivity index (χ2v) is 6.63. The summed E-state index contributed by atoms with van der Waals surface area (Å²) in [6, 6.07) is 7.98. The Morgan fingerprint density at radius 2 is 2.04 bits per heavy atom. The summed E-state index contributed by atoms with van der Waals surface area (Å²) in [5.74, 6) is 1.23. The Kier molecular flexibility index (Phi) is 8.74. The number of ether oxygens (including phenoxy) is 1. The third-order valence-electron chi connectivity index (χ3n) is 3.16. The van der Waals surface area contributed by atoms with Gasteiger partial charge in [0.25, 0.3) is 5.91 Å². The van der Waals surface area contributed by atoms with E-state index in [0.29, 0.717) is 31.3 Å². The molecule has 0 unspecified atom stereocenters. The summed E-state index contributed by atoms with van der Waals surface area (Å²) in [5.41, 5.74) is 7.09. The van der Waals surface area contributed by atoms with Crippen molar-refractivity contribution in [1.82, 2.24) is 10.3 Å². The normalized spacial score (nSPS) is 10.3. The molecule has 0 saturated carbocycles. The van der Waals surface area contributed by atoms with Crippen molar-refractivity contribution in [3.05, 3.63) is 45.9 Å². The molecule has 0 aliphatic heterocycles. The van der Waals surface area contributed by atoms with Gasteiger partial charge in [-0.1, -0.05) is 26.0 Å². The smallest absolute Gasteiger partial charge is 0.270 e. The number of rotatable bonds is 8. The third kappa shape index (κ3) is 6.47. The topological polar surface area (TPSA) is 77.2 Å². The fourth-order valence-electron chi connectivity index (χ4n) is 1.94. The number of hydrogen-bond donors (Lipinski definition) is 2. The van der Waals surface area contributed by atoms with Gasteiger partial charge in [0.15, 0.2) is 0 Å². The van der Waals surface area contributed by atoms with Crippen LogP contribution in [0.25, 0.3) is 0 Å². The third-order valence-corrected chi connectivity index (χ3v) is 4.04. The number of carbonyl (C=O) groups excluding carboxylic acids is 1. The van der Waals surface area contributed by atoms with Crippen LogP contribution in [0.5, 0.6) is 5.75 Å². The minimum atomic E-state index is -0.155. The monoisotopic (exact) mass is 369 g/mol. The number of carbonyl (C=O) groups is 1. The average molecular weight is 370 g/mol. The summed E-state index contributed by atoms with van der Waals surface area (Å²) in [6.07, 6.45) is 0.768. The lowest BCUT2D eigenvalue weighted by Crippen LogP contribution is -2.26. The Labute approximate surface area is 153 Å². The van der Waals surface area contributed by atoms with E-state index in [0.717, 1.165) is 22.7 Å². The lowest BCUT2D eigenvalue weighted by molar-refractivity contribution is 0.0949. The van der Waals surface area contributed by atoms with Crippen LogP contribution in [0.3, 0.4) is 0 Å². The number of nitrogens with zero attached hydrogens (tertiary/aromatic N) is 1. The zero-order valence-electron chi connectivity index (χ0n) is 14.0. The molecule has 3 N–H and O–H groups in total. The minimum absolute atomic E-state index is 0. The van der Waals surface area contributed by atoms with Crippen LogP contribution in [-0.2, 0) is 13.0 Å². The summed E-state index contributed by atoms with van der Waals surface area (Å²) < 4.78 is 5.65. The molecule has 7 heteroatoms. The molecule has 1 aromatic carbocycles. The van der Waals surface area contributed by atoms with Crippen LogP contribution >= 0.6 is 23.7 Å². The number of amides is 1. The Morgan fingerprint density at radius 1 is 1.33 bits per heavy atom. The van der Waals surface area contributed by atoms with Crippen molar-refractivity contribution in [3.63, 3.8) is 0 Å². The van der Waals surface area contributed by atoms with Crippen molar-refractivity contribution in [1.29, 1.82) is 0 Å². The van der Waals surface area contributed by atoms with Gasteiger partial charge in [0.05, 0.1) is 6.61 Å². The summed E-state index contributed by atoms with van der Waals surface area (Å²) >= 11 is 1.40. The molecule has 0 atom stereocenters. The van der Waals surface area contributed by atoms with Gasteiger partial charge in [-0.05, 0) is 30.0 Å². The lowest BCUT2D eigenvalue weighted by Gasteiger charge is -2.09. The van der Waals surface area contributed by atoms with Crippen molar-refractivity contribution in [2.75, 3.05) is 13.2 Å². The molecule has 2 rings (SSSR count). The maximum atomic E-state index is 11.9. The molecule has 24 heavy (non-hydrogen) atoms. The van der Waals surface area contributed by atoms with E-state index in [2.05, 4.69) is 24.1 Å². The number of benzene rings is 1. The van der Waals surface area contributed by atoms with Crippen molar-refractivity contribution in [2.24, 2.45) is 11.7 Å². The predicted octanol–water partition coefficient (Wildman–Crippen LogP) is 3.03. The second kappa shape index (κ2) is 10.3. The summed E-state index contributed by atoms with van der Waals surface area (Å²) in [6.45, 7) is 5.89. The maximum absolute atomic E-state index is 11.9. The Bertz CT molecular complexity index is 629. The van der Waals surface area contributed by atoms with Crippen molar-refractivity contribution < 1.29 is 9.53 Å². The summed E-state index contributed by atoms with van der Waals surface area (Å²) in [7, 11) is 0. The van der Waals surface area contributed by atoms with Gasteiger partial charge < -0.3 is 15.8 Å². The van der Waals surface area contributed by atoms with Gasteiger partial charge in [-0.2, -0.15) is 0 Å². The summed E-state index contributed by atoms with van der Waals surface area (Å²) in [5, 5.41) is 5.38. The van der Waals surface area contributed by atoms with Crippen molar-refractivity contribution in [3.8, 4) is 5.75 Å². The first-order valence-electron chi connectivity index (χ1n) is 7.73. The number of halogens is 1. The largest absolute Gasteiger partial charge is 0.493 e. The average Bonchev–Trinajstić information content (AvgIpc) is 3.03. The molecule has 0 fully saturated rings. The van der Waals surface area contributed by atoms with E-state index in [4.69, 9.17) is 10.5 Å². The molecule has 5 nitrogen and oxygen atoms in total. The van der Waals surface area contributed by atoms with Crippen LogP contribution in [0, 0.1) is 5.92 Å². The highest BCUT2D eigenvalue weighted by atomic mass is 35.5. The van der Waals surface area contributed by atoms with E-state index in [1.807, 2.05) is 24.3 Å². The molecule has 0 aliphatic carbocycles. The summed E-state index contributed by atoms with van der Waals surface area (Å²) in [4.78, 5) is 16.1. The van der Waals surface area contributed by atoms with Gasteiger partial charge in [-0.15, -0.1) is 23.7 Å². The van der Waals surface area contributed by atoms with Crippen LogP contribution in [0.2, 0.25) is 0 Å². The van der Waals surface area contributed by atoms with E-state index < -0.39 is 0 Å². The van der Waals surface area contributed by atoms with Crippen LogP contribution in [0.15, 0.2) is 29.6 Å². The van der Waals surface area contributed by atoms with E-state index >= 15 is 0 Å². The van der Waals surface area contributed by atoms with Crippen molar-refractivity contribution in [2.45, 2.75) is 26.8 Å². The first-order chi connectivity index (χ1) is 11.1. The minimum Gasteiger partial charge on any atom is -0.493 e. The number of nitrogens with one attached hydrogen (secondary N) is 1. The van der Waals surface area contributed by atoms with Gasteiger partial charge in [-0.25, -0.2) is 4.98 Å². The standard InChI is InChI=1S/C17H23N3O2S.ClH/c1-12(2)10-22-14-5-3-13(4-6-14)7-8-19-17(21)15-11-23-16(9-18)20-15;/h3-6,11-12H,7-10,18H2,1-2H3,(H,19,21);1H. The van der Waals surface area contributed by atoms with E-state index in [1.165, 1.54) is 11.3 Å². The van der Waals surface area contributed by atoms with E-state index in [9.17, 15) is 4.79 Å². The molecule has 1 aromatic heterocycles. The highest BCUT2D eigenvalue weighted by Crippen LogP contribution is 2.13. The predicted molar refractivity (Wildman–Crippen MR) is 100 cm³/mol. The molecule has 2 aromatic rings. The first-order valence-corrected chi connectivity index (χ1v) is 8.61. The van der Waals surface area contributed by atoms with Gasteiger partial charge in [0.1, 0.15) is 16.5 Å². The SMILES string of the molecule is CC(C)COc1ccc(CCNC(=O)c2csc(CN)n2)cc1.Cl. The molecule has 0 spiro atoms. The van der Waals surface area contributed by atoms with Crippen molar-refractivity contribution >= 4 is 29.7 Å². The Hall–Kier alpha value is -1.63. The lowest BCUT2D eigenvalue weighted by atomic mass is 10.1. The molecule has 1 heterocycles. The molecular formula is C17H24ClN3O2S. The molecular weight excluding hydrogens is 346 g/mol. The van der Waals surface area contributed by atoms with Crippen LogP contribution in [0.1, 0.15) is 34.9 Å². The molecule has 0 radical (unpaired) electrons. The fourth-order valence-corrected chi connectivity index (χ4v) is 2.59.